The van der Waals surface area contributed by atoms with Crippen LogP contribution < -0.4 is 0 Å². The van der Waals surface area contributed by atoms with E-state index in [0.29, 0.717) is 0 Å². The van der Waals surface area contributed by atoms with Gasteiger partial charge < -0.3 is 4.90 Å². The van der Waals surface area contributed by atoms with Crippen molar-refractivity contribution in [3.8, 4) is 0 Å². The van der Waals surface area contributed by atoms with Crippen LogP contribution >= 0.6 is 0 Å². The minimum absolute atomic E-state index is 0.0631. The van der Waals surface area contributed by atoms with Gasteiger partial charge in [0, 0.05) is 5.54 Å². The predicted octanol–water partition coefficient (Wildman–Crippen LogP) is 2.86. The van der Waals surface area contributed by atoms with E-state index < -0.39 is 0 Å². The van der Waals surface area contributed by atoms with Crippen molar-refractivity contribution in [2.24, 2.45) is 5.92 Å². The molecule has 1 aliphatic rings. The summed E-state index contributed by atoms with van der Waals surface area (Å²) in [5, 5.41) is -0.0631. The van der Waals surface area contributed by atoms with Crippen molar-refractivity contribution in [2.45, 2.75) is 57.8 Å². The fourth-order valence-electron chi connectivity index (χ4n) is 2.82. The number of likely N-dealkylation sites (tertiary alicyclic amines) is 1. The Kier molecular flexibility index (Phi) is 3.35. The summed E-state index contributed by atoms with van der Waals surface area (Å²) in [6, 6.07) is 0. The molecular formula is C12H24BN. The Morgan fingerprint density at radius 3 is 2.50 bits per heavy atom. The number of hydrogen-bond donors (Lipinski definition) is 0. The highest BCUT2D eigenvalue weighted by atomic mass is 15.2. The molecule has 80 valence electrons. The van der Waals surface area contributed by atoms with Crippen LogP contribution in [0.1, 0.15) is 47.0 Å². The molecule has 1 fully saturated rings. The van der Waals surface area contributed by atoms with Crippen molar-refractivity contribution in [1.29, 1.82) is 0 Å². The van der Waals surface area contributed by atoms with Gasteiger partial charge in [-0.2, -0.15) is 0 Å². The molecule has 0 aromatic carbocycles. The van der Waals surface area contributed by atoms with Crippen molar-refractivity contribution >= 4 is 7.85 Å². The lowest BCUT2D eigenvalue weighted by atomic mass is 9.54. The lowest BCUT2D eigenvalue weighted by molar-refractivity contribution is 0.0967. The Balaban J connectivity index is 2.97. The maximum atomic E-state index is 6.51. The summed E-state index contributed by atoms with van der Waals surface area (Å²) in [6.07, 6.45) is 3.55. The SMILES string of the molecule is [B]C1(C)CC(C)CCN(C)C1(C)CC. The Morgan fingerprint density at radius 1 is 1.43 bits per heavy atom. The highest BCUT2D eigenvalue weighted by Crippen LogP contribution is 2.48. The fourth-order valence-corrected chi connectivity index (χ4v) is 2.82. The average molecular weight is 193 g/mol. The van der Waals surface area contributed by atoms with Crippen LogP contribution in [-0.4, -0.2) is 31.9 Å². The van der Waals surface area contributed by atoms with Crippen LogP contribution in [0.15, 0.2) is 0 Å². The third-order valence-electron chi connectivity index (χ3n) is 4.49. The van der Waals surface area contributed by atoms with E-state index >= 15 is 0 Å². The van der Waals surface area contributed by atoms with E-state index in [9.17, 15) is 0 Å². The van der Waals surface area contributed by atoms with Gasteiger partial charge in [-0.1, -0.05) is 32.5 Å². The zero-order chi connectivity index (χ0) is 11.0. The van der Waals surface area contributed by atoms with Crippen LogP contribution in [0.3, 0.4) is 0 Å². The molecule has 2 radical (unpaired) electrons. The molecule has 3 atom stereocenters. The first-order valence-corrected chi connectivity index (χ1v) is 5.83. The largest absolute Gasteiger partial charge is 0.301 e. The third kappa shape index (κ3) is 1.86. The number of rotatable bonds is 1. The molecule has 1 aliphatic heterocycles. The van der Waals surface area contributed by atoms with E-state index in [-0.39, 0.29) is 10.9 Å². The van der Waals surface area contributed by atoms with E-state index in [4.69, 9.17) is 7.85 Å². The number of hydrogen-bond acceptors (Lipinski definition) is 1. The van der Waals surface area contributed by atoms with Crippen molar-refractivity contribution in [3.63, 3.8) is 0 Å². The Hall–Kier alpha value is 0.0249. The summed E-state index contributed by atoms with van der Waals surface area (Å²) in [5.41, 5.74) is 0.151. The van der Waals surface area contributed by atoms with E-state index in [0.717, 1.165) is 18.8 Å². The molecule has 0 aliphatic carbocycles. The maximum absolute atomic E-state index is 6.51. The molecule has 14 heavy (non-hydrogen) atoms. The van der Waals surface area contributed by atoms with Crippen LogP contribution in [0.4, 0.5) is 0 Å². The second-order valence-electron chi connectivity index (χ2n) is 5.56. The predicted molar refractivity (Wildman–Crippen MR) is 63.8 cm³/mol. The summed E-state index contributed by atoms with van der Waals surface area (Å²) >= 11 is 0. The van der Waals surface area contributed by atoms with Crippen LogP contribution in [0.2, 0.25) is 5.31 Å². The highest BCUT2D eigenvalue weighted by Gasteiger charge is 2.44. The van der Waals surface area contributed by atoms with Gasteiger partial charge in [-0.05, 0) is 39.3 Å². The van der Waals surface area contributed by atoms with Gasteiger partial charge in [0.05, 0.1) is 7.85 Å². The molecule has 0 bridgehead atoms. The average Bonchev–Trinajstić information content (AvgIpc) is 2.17. The zero-order valence-electron chi connectivity index (χ0n) is 10.4. The second-order valence-corrected chi connectivity index (χ2v) is 5.56. The van der Waals surface area contributed by atoms with Gasteiger partial charge in [0.1, 0.15) is 0 Å². The fraction of sp³-hybridized carbons (Fsp3) is 1.00. The monoisotopic (exact) mass is 193 g/mol. The molecule has 0 aromatic rings. The third-order valence-corrected chi connectivity index (χ3v) is 4.49. The van der Waals surface area contributed by atoms with E-state index in [1.807, 2.05) is 0 Å². The van der Waals surface area contributed by atoms with Crippen LogP contribution in [0.25, 0.3) is 0 Å². The molecule has 0 saturated carbocycles. The Labute approximate surface area is 90.7 Å². The molecule has 0 N–H and O–H groups in total. The first-order valence-electron chi connectivity index (χ1n) is 5.83. The second kappa shape index (κ2) is 3.88. The molecule has 3 unspecified atom stereocenters. The summed E-state index contributed by atoms with van der Waals surface area (Å²) in [7, 11) is 8.72. The van der Waals surface area contributed by atoms with Gasteiger partial charge >= 0.3 is 0 Å². The van der Waals surface area contributed by atoms with Crippen LogP contribution in [0, 0.1) is 5.92 Å². The first kappa shape index (κ1) is 12.1. The molecule has 1 nitrogen and oxygen atoms in total. The van der Waals surface area contributed by atoms with E-state index in [1.54, 1.807) is 0 Å². The summed E-state index contributed by atoms with van der Waals surface area (Å²) < 4.78 is 0. The molecule has 1 saturated heterocycles. The van der Waals surface area contributed by atoms with Gasteiger partial charge in [0.15, 0.2) is 0 Å². The van der Waals surface area contributed by atoms with Gasteiger partial charge in [-0.3, -0.25) is 0 Å². The Bertz CT molecular complexity index is 202. The topological polar surface area (TPSA) is 3.24 Å². The zero-order valence-corrected chi connectivity index (χ0v) is 10.4. The molecular weight excluding hydrogens is 169 g/mol. The van der Waals surface area contributed by atoms with Crippen molar-refractivity contribution < 1.29 is 0 Å². The number of nitrogens with zero attached hydrogens (tertiary/aromatic N) is 1. The van der Waals surface area contributed by atoms with Gasteiger partial charge in [-0.25, -0.2) is 0 Å². The quantitative estimate of drug-likeness (QED) is 0.579. The smallest absolute Gasteiger partial charge is 0.0767 e. The van der Waals surface area contributed by atoms with Crippen molar-refractivity contribution in [3.05, 3.63) is 0 Å². The Morgan fingerprint density at radius 2 is 2.00 bits per heavy atom. The van der Waals surface area contributed by atoms with Gasteiger partial charge in [-0.15, -0.1) is 0 Å². The molecule has 1 rings (SSSR count). The van der Waals surface area contributed by atoms with Gasteiger partial charge in [0.2, 0.25) is 0 Å². The van der Waals surface area contributed by atoms with Crippen LogP contribution in [0.5, 0.6) is 0 Å². The van der Waals surface area contributed by atoms with E-state index in [1.165, 1.54) is 13.0 Å². The summed E-state index contributed by atoms with van der Waals surface area (Å²) in [5.74, 6) is 0.751. The maximum Gasteiger partial charge on any atom is 0.0767 e. The van der Waals surface area contributed by atoms with Crippen molar-refractivity contribution in [1.82, 2.24) is 4.90 Å². The molecule has 1 heterocycles. The molecule has 0 spiro atoms. The van der Waals surface area contributed by atoms with Gasteiger partial charge in [0.25, 0.3) is 0 Å². The van der Waals surface area contributed by atoms with Crippen molar-refractivity contribution in [2.75, 3.05) is 13.6 Å². The first-order chi connectivity index (χ1) is 6.33. The summed E-state index contributed by atoms with van der Waals surface area (Å²) in [6.45, 7) is 10.3. The summed E-state index contributed by atoms with van der Waals surface area (Å²) in [4.78, 5) is 2.45. The molecule has 0 aromatic heterocycles. The standard InChI is InChI=1S/C12H24BN/c1-6-12(4)11(3,13)9-10(2)7-8-14(12)5/h10H,6-9H2,1-5H3. The normalized spacial score (nSPS) is 46.2. The highest BCUT2D eigenvalue weighted by molar-refractivity contribution is 6.16. The van der Waals surface area contributed by atoms with E-state index in [2.05, 4.69) is 39.6 Å². The molecule has 0 amide bonds. The molecule has 2 heteroatoms. The lowest BCUT2D eigenvalue weighted by Gasteiger charge is -2.49. The lowest BCUT2D eigenvalue weighted by Crippen LogP contribution is -2.51. The minimum Gasteiger partial charge on any atom is -0.301 e. The minimum atomic E-state index is -0.0631. The van der Waals surface area contributed by atoms with Crippen LogP contribution in [-0.2, 0) is 0 Å².